The fourth-order valence-electron chi connectivity index (χ4n) is 15.2. The van der Waals surface area contributed by atoms with Crippen LogP contribution in [0.5, 0.6) is 0 Å². The molecule has 14 aromatic carbocycles. The van der Waals surface area contributed by atoms with E-state index in [-0.39, 0.29) is 11.2 Å². The van der Waals surface area contributed by atoms with E-state index in [1.165, 1.54) is 109 Å². The number of rotatable bonds is 4. The van der Waals surface area contributed by atoms with Gasteiger partial charge >= 0.3 is 7.12 Å². The van der Waals surface area contributed by atoms with Crippen LogP contribution in [0.25, 0.3) is 175 Å². The van der Waals surface area contributed by atoms with Crippen LogP contribution in [-0.2, 0) is 9.31 Å². The third-order valence-corrected chi connectivity index (χ3v) is 21.0. The molecule has 1 aliphatic rings. The Morgan fingerprint density at radius 3 is 1.16 bits per heavy atom. The summed E-state index contributed by atoms with van der Waals surface area (Å²) in [6, 6.07) is 94.8. The normalized spacial score (nSPS) is 13.9. The molecule has 6 aromatic heterocycles. The molecule has 21 rings (SSSR count). The first kappa shape index (κ1) is 56.4. The fraction of sp³-hybridized carbons (Fsp3) is 0.0698. The fourth-order valence-corrected chi connectivity index (χ4v) is 15.6. The second-order valence-corrected chi connectivity index (χ2v) is 27.3. The van der Waals surface area contributed by atoms with Crippen molar-refractivity contribution in [3.8, 4) is 33.6 Å². The number of nitrogens with zero attached hydrogens (tertiary/aromatic N) is 6. The second-order valence-electron chi connectivity index (χ2n) is 26.4. The monoisotopic (exact) mass is 1300 g/mol. The van der Waals surface area contributed by atoms with Crippen LogP contribution in [0.3, 0.4) is 0 Å². The standard InChI is InChI=1S/C40H23N3.C28H25BN2O2.C18H10BrN/c1-3-14-30-27(11-1)28-12-2-4-15-31(28)39-38(30)41-23-35(42-39)26-10-7-9-24(21-26)25-19-20-37-34(22-25)33-17-8-16-32-29-13-5-6-18-36(29)43(37)40(32)33;1-27(2)28(3,4)33-29(32-27)19-11-9-10-18(16-19)24-17-30-25-22-14-7-5-12-20(22)21-13-6-8-15-23(21)26(25)31-24;19-11-8-9-17-15(10-11)14-6-3-5-13-12-4-1-2-7-16(12)20(17)18(13)14/h1-23H;5-17H,1-4H3;1-10H. The maximum Gasteiger partial charge on any atom is 0.494 e. The molecule has 20 aromatic rings. The van der Waals surface area contributed by atoms with Gasteiger partial charge in [0.15, 0.2) is 0 Å². The number of fused-ring (bicyclic) bond motifs is 24. The van der Waals surface area contributed by atoms with E-state index < -0.39 is 7.12 Å². The van der Waals surface area contributed by atoms with Gasteiger partial charge in [0.2, 0.25) is 0 Å². The molecule has 454 valence electrons. The highest BCUT2D eigenvalue weighted by molar-refractivity contribution is 9.10. The Hall–Kier alpha value is -11.1. The highest BCUT2D eigenvalue weighted by atomic mass is 79.9. The Labute approximate surface area is 560 Å². The van der Waals surface area contributed by atoms with Crippen molar-refractivity contribution in [2.75, 3.05) is 0 Å². The molecule has 0 amide bonds. The minimum absolute atomic E-state index is 0.379. The molecule has 0 spiro atoms. The smallest absolute Gasteiger partial charge is 0.399 e. The first-order chi connectivity index (χ1) is 47.0. The molecule has 10 heteroatoms. The molecule has 0 radical (unpaired) electrons. The van der Waals surface area contributed by atoms with Gasteiger partial charge in [0.05, 0.1) is 90.2 Å². The lowest BCUT2D eigenvalue weighted by atomic mass is 9.78. The minimum atomic E-state index is -0.409. The SMILES string of the molecule is Brc1ccc2c(c1)c1cccc3c4ccccc4n2c31.CC1(C)OB(c2cccc(-c3cnc4c5ccccc5c5ccccc5c4n3)c2)OC1(C)C.c1cc(-c2ccc3c(c2)c2cccc4c5ccccc5n3c42)cc(-c2cnc3c4ccccc4c4ccccc4c3n2)c1. The molecular weight excluding hydrogens is 1240 g/mol. The van der Waals surface area contributed by atoms with Crippen LogP contribution >= 0.6 is 15.9 Å². The summed E-state index contributed by atoms with van der Waals surface area (Å²) in [6.45, 7) is 8.28. The number of hydrogen-bond donors (Lipinski definition) is 0. The van der Waals surface area contributed by atoms with Crippen LogP contribution in [-0.4, -0.2) is 47.1 Å². The zero-order valence-corrected chi connectivity index (χ0v) is 54.6. The van der Waals surface area contributed by atoms with Gasteiger partial charge in [0.1, 0.15) is 0 Å². The molecule has 0 aliphatic carbocycles. The molecule has 0 N–H and O–H groups in total. The average molecular weight is 1300 g/mol. The van der Waals surface area contributed by atoms with Crippen LogP contribution < -0.4 is 5.46 Å². The summed E-state index contributed by atoms with van der Waals surface area (Å²) in [7, 11) is -0.409. The second kappa shape index (κ2) is 21.4. The summed E-state index contributed by atoms with van der Waals surface area (Å²) in [4.78, 5) is 20.2. The highest BCUT2D eigenvalue weighted by Crippen LogP contribution is 2.44. The van der Waals surface area contributed by atoms with Gasteiger partial charge in [0, 0.05) is 80.2 Å². The lowest BCUT2D eigenvalue weighted by molar-refractivity contribution is 0.00578. The van der Waals surface area contributed by atoms with Crippen LogP contribution in [0.4, 0.5) is 0 Å². The zero-order valence-electron chi connectivity index (χ0n) is 53.0. The summed E-state index contributed by atoms with van der Waals surface area (Å²) < 4.78 is 18.5. The van der Waals surface area contributed by atoms with E-state index in [1.807, 2.05) is 24.5 Å². The Balaban J connectivity index is 0.000000108. The molecular formula is C86H58BBrN6O2. The Morgan fingerprint density at radius 2 is 0.656 bits per heavy atom. The predicted octanol–water partition coefficient (Wildman–Crippen LogP) is 21.9. The average Bonchev–Trinajstić information content (AvgIpc) is 1.47. The summed E-state index contributed by atoms with van der Waals surface area (Å²) in [6.07, 6.45) is 3.79. The van der Waals surface area contributed by atoms with E-state index in [9.17, 15) is 0 Å². The Bertz CT molecular complexity index is 6510. The van der Waals surface area contributed by atoms with Gasteiger partial charge in [-0.25, -0.2) is 9.97 Å². The molecule has 96 heavy (non-hydrogen) atoms. The molecule has 7 heterocycles. The van der Waals surface area contributed by atoms with Crippen molar-refractivity contribution in [1.82, 2.24) is 28.7 Å². The summed E-state index contributed by atoms with van der Waals surface area (Å²) in [5, 5.41) is 19.8. The molecule has 0 atom stereocenters. The molecule has 0 unspecified atom stereocenters. The van der Waals surface area contributed by atoms with E-state index in [0.717, 1.165) is 76.1 Å². The summed E-state index contributed by atoms with van der Waals surface area (Å²) >= 11 is 3.59. The van der Waals surface area contributed by atoms with E-state index in [2.05, 4.69) is 307 Å². The van der Waals surface area contributed by atoms with Crippen molar-refractivity contribution in [2.24, 2.45) is 0 Å². The first-order valence-electron chi connectivity index (χ1n) is 32.7. The number of benzene rings is 14. The number of halogens is 1. The number of para-hydroxylation sites is 4. The molecule has 1 saturated heterocycles. The van der Waals surface area contributed by atoms with Crippen LogP contribution in [0.2, 0.25) is 0 Å². The van der Waals surface area contributed by atoms with Gasteiger partial charge in [-0.3, -0.25) is 9.97 Å². The quantitative estimate of drug-likeness (QED) is 0.129. The Kier molecular flexibility index (Phi) is 12.6. The van der Waals surface area contributed by atoms with Gasteiger partial charge in [-0.15, -0.1) is 0 Å². The third kappa shape index (κ3) is 8.62. The van der Waals surface area contributed by atoms with Crippen molar-refractivity contribution >= 4 is 170 Å². The van der Waals surface area contributed by atoms with Crippen molar-refractivity contribution in [3.63, 3.8) is 0 Å². The summed E-state index contributed by atoms with van der Waals surface area (Å²) in [5.41, 5.74) is 17.8. The minimum Gasteiger partial charge on any atom is -0.399 e. The lowest BCUT2D eigenvalue weighted by Crippen LogP contribution is -2.41. The molecule has 8 nitrogen and oxygen atoms in total. The maximum absolute atomic E-state index is 6.26. The largest absolute Gasteiger partial charge is 0.494 e. The molecule has 0 bridgehead atoms. The predicted molar refractivity (Wildman–Crippen MR) is 405 cm³/mol. The third-order valence-electron chi connectivity index (χ3n) is 20.5. The van der Waals surface area contributed by atoms with Crippen molar-refractivity contribution in [3.05, 3.63) is 284 Å². The molecule has 1 aliphatic heterocycles. The zero-order chi connectivity index (χ0) is 64.1. The van der Waals surface area contributed by atoms with Gasteiger partial charge in [-0.2, -0.15) is 0 Å². The van der Waals surface area contributed by atoms with E-state index in [4.69, 9.17) is 29.2 Å². The highest BCUT2D eigenvalue weighted by Gasteiger charge is 2.51. The van der Waals surface area contributed by atoms with Crippen molar-refractivity contribution < 1.29 is 9.31 Å². The number of aromatic nitrogens is 6. The van der Waals surface area contributed by atoms with Gasteiger partial charge in [-0.05, 0) is 114 Å². The van der Waals surface area contributed by atoms with Gasteiger partial charge in [-0.1, -0.05) is 234 Å². The maximum atomic E-state index is 6.26. The van der Waals surface area contributed by atoms with Crippen LogP contribution in [0.1, 0.15) is 27.7 Å². The number of hydrogen-bond acceptors (Lipinski definition) is 6. The van der Waals surface area contributed by atoms with E-state index in [0.29, 0.717) is 0 Å². The van der Waals surface area contributed by atoms with Gasteiger partial charge in [0.25, 0.3) is 0 Å². The summed E-state index contributed by atoms with van der Waals surface area (Å²) in [5.74, 6) is 0. The van der Waals surface area contributed by atoms with Crippen molar-refractivity contribution in [2.45, 2.75) is 38.9 Å². The molecule has 1 fully saturated rings. The van der Waals surface area contributed by atoms with E-state index in [1.54, 1.807) is 0 Å². The topological polar surface area (TPSA) is 78.8 Å². The van der Waals surface area contributed by atoms with Crippen LogP contribution in [0, 0.1) is 0 Å². The van der Waals surface area contributed by atoms with Crippen LogP contribution in [0.15, 0.2) is 284 Å². The van der Waals surface area contributed by atoms with E-state index >= 15 is 0 Å². The van der Waals surface area contributed by atoms with Gasteiger partial charge < -0.3 is 18.1 Å². The lowest BCUT2D eigenvalue weighted by Gasteiger charge is -2.32. The Morgan fingerprint density at radius 1 is 0.302 bits per heavy atom. The van der Waals surface area contributed by atoms with Crippen molar-refractivity contribution in [1.29, 1.82) is 0 Å². The first-order valence-corrected chi connectivity index (χ1v) is 33.5. The molecule has 0 saturated carbocycles.